The van der Waals surface area contributed by atoms with E-state index < -0.39 is 5.60 Å². The standard InChI is InChI=1S/C11H16O3/c1-8(12)9-5-6-10(13-3)11(2,7-9)14-4/h5-6H,7H2,1-4H3. The van der Waals surface area contributed by atoms with Crippen molar-refractivity contribution in [2.45, 2.75) is 25.9 Å². The molecule has 0 saturated heterocycles. The second-order valence-corrected chi connectivity index (χ2v) is 3.59. The Balaban J connectivity index is 3.00. The van der Waals surface area contributed by atoms with Crippen LogP contribution in [0.15, 0.2) is 23.5 Å². The van der Waals surface area contributed by atoms with E-state index in [0.717, 1.165) is 11.3 Å². The van der Waals surface area contributed by atoms with Gasteiger partial charge in [0.1, 0.15) is 11.4 Å². The number of ketones is 1. The van der Waals surface area contributed by atoms with Gasteiger partial charge in [-0.2, -0.15) is 0 Å². The van der Waals surface area contributed by atoms with Gasteiger partial charge in [-0.3, -0.25) is 4.79 Å². The molecular formula is C11H16O3. The molecule has 0 heterocycles. The second kappa shape index (κ2) is 3.96. The minimum Gasteiger partial charge on any atom is -0.498 e. The lowest BCUT2D eigenvalue weighted by Crippen LogP contribution is -2.34. The van der Waals surface area contributed by atoms with Crippen LogP contribution in [0.1, 0.15) is 20.3 Å². The van der Waals surface area contributed by atoms with Crippen molar-refractivity contribution >= 4 is 5.78 Å². The van der Waals surface area contributed by atoms with Crippen LogP contribution in [-0.2, 0) is 14.3 Å². The predicted molar refractivity (Wildman–Crippen MR) is 53.9 cm³/mol. The van der Waals surface area contributed by atoms with Crippen LogP contribution in [0.4, 0.5) is 0 Å². The van der Waals surface area contributed by atoms with E-state index in [9.17, 15) is 4.79 Å². The van der Waals surface area contributed by atoms with E-state index in [1.165, 1.54) is 0 Å². The molecule has 0 N–H and O–H groups in total. The Morgan fingerprint density at radius 2 is 2.07 bits per heavy atom. The largest absolute Gasteiger partial charge is 0.498 e. The zero-order valence-electron chi connectivity index (χ0n) is 9.09. The van der Waals surface area contributed by atoms with E-state index in [1.807, 2.05) is 6.92 Å². The molecule has 78 valence electrons. The first-order valence-electron chi connectivity index (χ1n) is 4.55. The van der Waals surface area contributed by atoms with Crippen LogP contribution < -0.4 is 0 Å². The summed E-state index contributed by atoms with van der Waals surface area (Å²) in [4.78, 5) is 11.2. The predicted octanol–water partition coefficient (Wildman–Crippen LogP) is 1.84. The molecule has 1 aliphatic rings. The van der Waals surface area contributed by atoms with Crippen LogP contribution in [0.2, 0.25) is 0 Å². The Morgan fingerprint density at radius 3 is 2.50 bits per heavy atom. The lowest BCUT2D eigenvalue weighted by atomic mass is 9.88. The number of hydrogen-bond acceptors (Lipinski definition) is 3. The fourth-order valence-electron chi connectivity index (χ4n) is 1.56. The first kappa shape index (κ1) is 11.0. The maximum atomic E-state index is 11.2. The average molecular weight is 196 g/mol. The third kappa shape index (κ3) is 1.87. The number of carbonyl (C=O) groups is 1. The first-order chi connectivity index (χ1) is 6.53. The zero-order chi connectivity index (χ0) is 10.8. The van der Waals surface area contributed by atoms with Crippen LogP contribution in [-0.4, -0.2) is 25.6 Å². The summed E-state index contributed by atoms with van der Waals surface area (Å²) >= 11 is 0. The normalized spacial score (nSPS) is 26.6. The maximum Gasteiger partial charge on any atom is 0.155 e. The van der Waals surface area contributed by atoms with E-state index >= 15 is 0 Å². The molecule has 0 aromatic carbocycles. The molecule has 3 heteroatoms. The van der Waals surface area contributed by atoms with Crippen molar-refractivity contribution in [3.8, 4) is 0 Å². The van der Waals surface area contributed by atoms with Gasteiger partial charge in [0.05, 0.1) is 7.11 Å². The number of methoxy groups -OCH3 is 2. The van der Waals surface area contributed by atoms with Crippen LogP contribution in [0.3, 0.4) is 0 Å². The van der Waals surface area contributed by atoms with Crippen molar-refractivity contribution in [2.24, 2.45) is 0 Å². The van der Waals surface area contributed by atoms with E-state index in [1.54, 1.807) is 33.3 Å². The van der Waals surface area contributed by atoms with Gasteiger partial charge in [-0.25, -0.2) is 0 Å². The van der Waals surface area contributed by atoms with E-state index in [2.05, 4.69) is 0 Å². The number of allylic oxidation sites excluding steroid dienone is 2. The topological polar surface area (TPSA) is 35.5 Å². The molecule has 1 unspecified atom stereocenters. The molecule has 0 aromatic rings. The lowest BCUT2D eigenvalue weighted by Gasteiger charge is -2.32. The highest BCUT2D eigenvalue weighted by atomic mass is 16.5. The van der Waals surface area contributed by atoms with Crippen LogP contribution in [0.25, 0.3) is 0 Å². The Bertz CT molecular complexity index is 302. The van der Waals surface area contributed by atoms with Crippen molar-refractivity contribution in [1.82, 2.24) is 0 Å². The number of carbonyl (C=O) groups excluding carboxylic acids is 1. The van der Waals surface area contributed by atoms with Crippen molar-refractivity contribution < 1.29 is 14.3 Å². The molecule has 14 heavy (non-hydrogen) atoms. The van der Waals surface area contributed by atoms with Crippen molar-refractivity contribution in [2.75, 3.05) is 14.2 Å². The molecule has 1 aliphatic carbocycles. The molecule has 0 aliphatic heterocycles. The van der Waals surface area contributed by atoms with Crippen LogP contribution in [0.5, 0.6) is 0 Å². The Hall–Kier alpha value is -1.09. The summed E-state index contributed by atoms with van der Waals surface area (Å²) < 4.78 is 10.6. The third-order valence-corrected chi connectivity index (χ3v) is 2.61. The van der Waals surface area contributed by atoms with Gasteiger partial charge in [-0.1, -0.05) is 6.08 Å². The summed E-state index contributed by atoms with van der Waals surface area (Å²) in [5, 5.41) is 0. The van der Waals surface area contributed by atoms with Gasteiger partial charge < -0.3 is 9.47 Å². The zero-order valence-corrected chi connectivity index (χ0v) is 9.09. The molecule has 0 aromatic heterocycles. The Labute approximate surface area is 84.4 Å². The summed E-state index contributed by atoms with van der Waals surface area (Å²) in [7, 11) is 3.23. The molecule has 1 rings (SSSR count). The minimum atomic E-state index is -0.509. The Morgan fingerprint density at radius 1 is 1.43 bits per heavy atom. The van der Waals surface area contributed by atoms with Crippen LogP contribution in [0, 0.1) is 0 Å². The number of hydrogen-bond donors (Lipinski definition) is 0. The lowest BCUT2D eigenvalue weighted by molar-refractivity contribution is -0.114. The molecular weight excluding hydrogens is 180 g/mol. The van der Waals surface area contributed by atoms with Gasteiger partial charge >= 0.3 is 0 Å². The van der Waals surface area contributed by atoms with Gasteiger partial charge in [0.25, 0.3) is 0 Å². The van der Waals surface area contributed by atoms with Gasteiger partial charge in [0, 0.05) is 13.5 Å². The fourth-order valence-corrected chi connectivity index (χ4v) is 1.56. The highest BCUT2D eigenvalue weighted by molar-refractivity contribution is 5.94. The van der Waals surface area contributed by atoms with Crippen LogP contribution >= 0.6 is 0 Å². The molecule has 0 radical (unpaired) electrons. The number of ether oxygens (including phenoxy) is 2. The monoisotopic (exact) mass is 196 g/mol. The van der Waals surface area contributed by atoms with E-state index in [4.69, 9.17) is 9.47 Å². The molecule has 1 atom stereocenters. The Kier molecular flexibility index (Phi) is 3.11. The number of rotatable bonds is 3. The van der Waals surface area contributed by atoms with Gasteiger partial charge in [-0.15, -0.1) is 0 Å². The van der Waals surface area contributed by atoms with E-state index in [-0.39, 0.29) is 5.78 Å². The summed E-state index contributed by atoms with van der Waals surface area (Å²) in [6, 6.07) is 0. The molecule has 0 bridgehead atoms. The first-order valence-corrected chi connectivity index (χ1v) is 4.55. The smallest absolute Gasteiger partial charge is 0.155 e. The highest BCUT2D eigenvalue weighted by Gasteiger charge is 2.34. The quantitative estimate of drug-likeness (QED) is 0.691. The fraction of sp³-hybridized carbons (Fsp3) is 0.545. The number of Topliss-reactive ketones (excluding diaryl/α,β-unsaturated/α-hetero) is 1. The second-order valence-electron chi connectivity index (χ2n) is 3.59. The average Bonchev–Trinajstić information content (AvgIpc) is 2.17. The summed E-state index contributed by atoms with van der Waals surface area (Å²) in [6.45, 7) is 3.48. The van der Waals surface area contributed by atoms with Crippen molar-refractivity contribution in [3.05, 3.63) is 23.5 Å². The van der Waals surface area contributed by atoms with Gasteiger partial charge in [-0.05, 0) is 25.5 Å². The molecule has 0 saturated carbocycles. The molecule has 3 nitrogen and oxygen atoms in total. The SMILES string of the molecule is COC1=CC=C(C(C)=O)CC1(C)OC. The molecule has 0 spiro atoms. The summed E-state index contributed by atoms with van der Waals surface area (Å²) in [6.07, 6.45) is 4.16. The molecule has 0 amide bonds. The van der Waals surface area contributed by atoms with E-state index in [0.29, 0.717) is 6.42 Å². The summed E-state index contributed by atoms with van der Waals surface area (Å²) in [5.41, 5.74) is 0.264. The van der Waals surface area contributed by atoms with Crippen molar-refractivity contribution in [3.63, 3.8) is 0 Å². The summed E-state index contributed by atoms with van der Waals surface area (Å²) in [5.74, 6) is 0.838. The van der Waals surface area contributed by atoms with Gasteiger partial charge in [0.2, 0.25) is 0 Å². The maximum absolute atomic E-state index is 11.2. The minimum absolute atomic E-state index is 0.0830. The van der Waals surface area contributed by atoms with Gasteiger partial charge in [0.15, 0.2) is 5.78 Å². The van der Waals surface area contributed by atoms with Crippen molar-refractivity contribution in [1.29, 1.82) is 0 Å². The molecule has 0 fully saturated rings. The third-order valence-electron chi connectivity index (χ3n) is 2.61. The highest BCUT2D eigenvalue weighted by Crippen LogP contribution is 2.32.